The van der Waals surface area contributed by atoms with E-state index in [0.29, 0.717) is 25.3 Å². The van der Waals surface area contributed by atoms with Gasteiger partial charge in [-0.1, -0.05) is 39.0 Å². The second kappa shape index (κ2) is 8.09. The quantitative estimate of drug-likeness (QED) is 0.708. The fourth-order valence-corrected chi connectivity index (χ4v) is 5.37. The van der Waals surface area contributed by atoms with Gasteiger partial charge in [-0.25, -0.2) is 4.99 Å². The number of para-hydroxylation sites is 1. The molecule has 1 saturated carbocycles. The predicted octanol–water partition coefficient (Wildman–Crippen LogP) is 3.39. The van der Waals surface area contributed by atoms with Gasteiger partial charge in [0.1, 0.15) is 11.4 Å². The molecule has 0 bridgehead atoms. The molecule has 7 nitrogen and oxygen atoms in total. The topological polar surface area (TPSA) is 97.0 Å². The van der Waals surface area contributed by atoms with Crippen LogP contribution >= 0.6 is 0 Å². The van der Waals surface area contributed by atoms with E-state index < -0.39 is 0 Å². The van der Waals surface area contributed by atoms with Crippen molar-refractivity contribution in [2.75, 3.05) is 6.54 Å². The van der Waals surface area contributed by atoms with Crippen molar-refractivity contribution in [2.45, 2.75) is 77.5 Å². The molecule has 1 aromatic carbocycles. The maximum atomic E-state index is 13.2. The Labute approximate surface area is 190 Å². The summed E-state index contributed by atoms with van der Waals surface area (Å²) in [6.45, 7) is 10.7. The largest absolute Gasteiger partial charge is 0.487 e. The maximum absolute atomic E-state index is 13.2. The smallest absolute Gasteiger partial charge is 0.231 e. The summed E-state index contributed by atoms with van der Waals surface area (Å²) >= 11 is 0. The summed E-state index contributed by atoms with van der Waals surface area (Å²) in [7, 11) is 0. The highest BCUT2D eigenvalue weighted by Crippen LogP contribution is 2.48. The monoisotopic (exact) mass is 440 g/mol. The Morgan fingerprint density at radius 2 is 1.97 bits per heavy atom. The van der Waals surface area contributed by atoms with Gasteiger partial charge < -0.3 is 15.8 Å². The van der Waals surface area contributed by atoms with Crippen LogP contribution in [-0.4, -0.2) is 40.4 Å². The van der Waals surface area contributed by atoms with E-state index in [-0.39, 0.29) is 46.7 Å². The van der Waals surface area contributed by atoms with Crippen LogP contribution in [0.15, 0.2) is 29.3 Å². The molecule has 3 unspecified atom stereocenters. The van der Waals surface area contributed by atoms with Crippen LogP contribution in [0, 0.1) is 17.8 Å². The third kappa shape index (κ3) is 4.09. The molecule has 1 aromatic rings. The van der Waals surface area contributed by atoms with Crippen LogP contribution < -0.4 is 15.8 Å². The number of fused-ring (bicyclic) bond motifs is 1. The molecule has 0 spiro atoms. The SMILES string of the molecule is CCC1(CC)CC(=O)N(CC2C(C)C2C(=O)N[C@@H]2CC(C)(C)Oc3ccccc32)C(N)=N1. The first-order valence-corrected chi connectivity index (χ1v) is 11.8. The summed E-state index contributed by atoms with van der Waals surface area (Å²) in [5.74, 6) is 1.33. The molecule has 32 heavy (non-hydrogen) atoms. The Hall–Kier alpha value is -2.57. The summed E-state index contributed by atoms with van der Waals surface area (Å²) < 4.78 is 6.09. The molecule has 0 saturated heterocycles. The van der Waals surface area contributed by atoms with Crippen LogP contribution in [0.1, 0.15) is 71.9 Å². The second-order valence-electron chi connectivity index (χ2n) is 10.3. The first-order valence-electron chi connectivity index (χ1n) is 11.8. The van der Waals surface area contributed by atoms with E-state index in [2.05, 4.69) is 17.2 Å². The van der Waals surface area contributed by atoms with Gasteiger partial charge in [0, 0.05) is 24.4 Å². The number of carbonyl (C=O) groups excluding carboxylic acids is 2. The zero-order chi connectivity index (χ0) is 23.3. The summed E-state index contributed by atoms with van der Waals surface area (Å²) in [6, 6.07) is 7.80. The average molecular weight is 441 g/mol. The number of carbonyl (C=O) groups is 2. The van der Waals surface area contributed by atoms with E-state index in [1.54, 1.807) is 4.90 Å². The van der Waals surface area contributed by atoms with Crippen LogP contribution in [-0.2, 0) is 9.59 Å². The molecular weight excluding hydrogens is 404 g/mol. The molecule has 174 valence electrons. The van der Waals surface area contributed by atoms with Gasteiger partial charge in [-0.15, -0.1) is 0 Å². The van der Waals surface area contributed by atoms with Crippen molar-refractivity contribution in [1.29, 1.82) is 0 Å². The number of guanidine groups is 1. The Morgan fingerprint density at radius 1 is 1.28 bits per heavy atom. The maximum Gasteiger partial charge on any atom is 0.231 e. The summed E-state index contributed by atoms with van der Waals surface area (Å²) in [4.78, 5) is 32.3. The van der Waals surface area contributed by atoms with Gasteiger partial charge in [0.2, 0.25) is 11.8 Å². The molecule has 0 radical (unpaired) electrons. The number of benzene rings is 1. The molecule has 1 fully saturated rings. The van der Waals surface area contributed by atoms with Gasteiger partial charge >= 0.3 is 0 Å². The highest BCUT2D eigenvalue weighted by molar-refractivity contribution is 5.99. The molecular formula is C25H36N4O3. The van der Waals surface area contributed by atoms with Crippen LogP contribution in [0.3, 0.4) is 0 Å². The summed E-state index contributed by atoms with van der Waals surface area (Å²) in [5, 5.41) is 3.26. The fraction of sp³-hybridized carbons (Fsp3) is 0.640. The zero-order valence-electron chi connectivity index (χ0n) is 19.9. The Bertz CT molecular complexity index is 937. The number of aliphatic imine (C=N–C) groups is 1. The lowest BCUT2D eigenvalue weighted by Crippen LogP contribution is -2.52. The lowest BCUT2D eigenvalue weighted by molar-refractivity contribution is -0.130. The minimum Gasteiger partial charge on any atom is -0.487 e. The average Bonchev–Trinajstić information content (AvgIpc) is 3.38. The van der Waals surface area contributed by atoms with E-state index in [1.165, 1.54) is 0 Å². The summed E-state index contributed by atoms with van der Waals surface area (Å²) in [5.41, 5.74) is 6.50. The molecule has 4 rings (SSSR count). The molecule has 3 aliphatic rings. The standard InChI is InChI=1S/C25H36N4O3/c1-6-25(7-2)13-20(30)29(23(26)28-25)14-17-15(3)21(17)22(31)27-18-12-24(4,5)32-19-11-9-8-10-16(18)19/h8-11,15,17-18,21H,6-7,12-14H2,1-5H3,(H2,26,28)(H,27,31)/t15?,17?,18-,21?/m1/s1. The van der Waals surface area contributed by atoms with E-state index in [4.69, 9.17) is 10.5 Å². The minimum atomic E-state index is -0.382. The van der Waals surface area contributed by atoms with Gasteiger partial charge in [-0.3, -0.25) is 14.5 Å². The molecule has 2 heterocycles. The Morgan fingerprint density at radius 3 is 2.62 bits per heavy atom. The lowest BCUT2D eigenvalue weighted by atomic mass is 9.88. The number of hydrogen-bond acceptors (Lipinski definition) is 5. The predicted molar refractivity (Wildman–Crippen MR) is 124 cm³/mol. The van der Waals surface area contributed by atoms with Crippen molar-refractivity contribution in [2.24, 2.45) is 28.5 Å². The van der Waals surface area contributed by atoms with Gasteiger partial charge in [0.15, 0.2) is 5.96 Å². The van der Waals surface area contributed by atoms with Gasteiger partial charge in [-0.05, 0) is 44.6 Å². The van der Waals surface area contributed by atoms with Crippen LogP contribution in [0.25, 0.3) is 0 Å². The molecule has 7 heteroatoms. The molecule has 1 aliphatic carbocycles. The number of amides is 2. The summed E-state index contributed by atoms with van der Waals surface area (Å²) in [6.07, 6.45) is 2.67. The van der Waals surface area contributed by atoms with Crippen LogP contribution in [0.2, 0.25) is 0 Å². The van der Waals surface area contributed by atoms with Crippen molar-refractivity contribution in [3.8, 4) is 5.75 Å². The van der Waals surface area contributed by atoms with Gasteiger partial charge in [0.25, 0.3) is 0 Å². The lowest BCUT2D eigenvalue weighted by Gasteiger charge is -2.38. The first-order chi connectivity index (χ1) is 15.1. The molecule has 3 N–H and O–H groups in total. The van der Waals surface area contributed by atoms with E-state index in [0.717, 1.165) is 24.2 Å². The van der Waals surface area contributed by atoms with E-state index in [9.17, 15) is 9.59 Å². The first kappa shape index (κ1) is 22.6. The molecule has 4 atom stereocenters. The van der Waals surface area contributed by atoms with Crippen molar-refractivity contribution in [3.05, 3.63) is 29.8 Å². The van der Waals surface area contributed by atoms with Gasteiger partial charge in [-0.2, -0.15) is 0 Å². The number of ether oxygens (including phenoxy) is 1. The van der Waals surface area contributed by atoms with Crippen molar-refractivity contribution in [3.63, 3.8) is 0 Å². The number of nitrogens with two attached hydrogens (primary N) is 1. The van der Waals surface area contributed by atoms with Crippen molar-refractivity contribution in [1.82, 2.24) is 10.2 Å². The third-order valence-electron chi connectivity index (χ3n) is 7.68. The highest BCUT2D eigenvalue weighted by atomic mass is 16.5. The van der Waals surface area contributed by atoms with Crippen molar-refractivity contribution < 1.29 is 14.3 Å². The molecule has 0 aromatic heterocycles. The number of nitrogens with one attached hydrogen (secondary N) is 1. The number of nitrogens with zero attached hydrogens (tertiary/aromatic N) is 2. The zero-order valence-corrected chi connectivity index (χ0v) is 19.9. The normalized spacial score (nSPS) is 30.1. The van der Waals surface area contributed by atoms with E-state index >= 15 is 0 Å². The van der Waals surface area contributed by atoms with Gasteiger partial charge in [0.05, 0.1) is 18.0 Å². The highest BCUT2D eigenvalue weighted by Gasteiger charge is 2.54. The minimum absolute atomic E-state index is 0.0135. The number of rotatable bonds is 6. The van der Waals surface area contributed by atoms with Crippen molar-refractivity contribution >= 4 is 17.8 Å². The van der Waals surface area contributed by atoms with E-state index in [1.807, 2.05) is 52.0 Å². The fourth-order valence-electron chi connectivity index (χ4n) is 5.37. The van der Waals surface area contributed by atoms with Crippen LogP contribution in [0.4, 0.5) is 0 Å². The molecule has 2 aliphatic heterocycles. The second-order valence-corrected chi connectivity index (χ2v) is 10.3. The third-order valence-corrected chi connectivity index (χ3v) is 7.68. The molecule has 2 amide bonds. The van der Waals surface area contributed by atoms with Crippen LogP contribution in [0.5, 0.6) is 5.75 Å². The number of hydrogen-bond donors (Lipinski definition) is 2. The Kier molecular flexibility index (Phi) is 5.72. The Balaban J connectivity index is 1.44.